The fraction of sp³-hybridized carbons (Fsp3) is 0.391. The number of benzene rings is 2. The minimum Gasteiger partial charge on any atom is -0.466 e. The van der Waals surface area contributed by atoms with Crippen molar-refractivity contribution in [1.29, 1.82) is 0 Å². The third-order valence-corrected chi connectivity index (χ3v) is 7.32. The molecule has 2 aromatic carbocycles. The lowest BCUT2D eigenvalue weighted by Crippen LogP contribution is -2.43. The van der Waals surface area contributed by atoms with Gasteiger partial charge in [-0.25, -0.2) is 12.8 Å². The van der Waals surface area contributed by atoms with Gasteiger partial charge in [0.1, 0.15) is 10.7 Å². The highest BCUT2D eigenvalue weighted by Crippen LogP contribution is 2.27. The first-order valence-electron chi connectivity index (χ1n) is 10.6. The van der Waals surface area contributed by atoms with E-state index < -0.39 is 38.5 Å². The fourth-order valence-corrected chi connectivity index (χ4v) is 5.24. The van der Waals surface area contributed by atoms with Crippen LogP contribution < -0.4 is 5.32 Å². The SMILES string of the molecule is CCOC(=O)C1CCCN(S(=O)(=O)c2cc(C(=O)Nc3ccc(CC)cc3)ccc2F)C1. The molecule has 1 atom stereocenters. The van der Waals surface area contributed by atoms with Gasteiger partial charge < -0.3 is 10.1 Å². The largest absolute Gasteiger partial charge is 0.466 e. The number of nitrogens with zero attached hydrogens (tertiary/aromatic N) is 1. The molecule has 2 aromatic rings. The summed E-state index contributed by atoms with van der Waals surface area (Å²) < 4.78 is 46.9. The molecule has 0 saturated carbocycles. The molecule has 1 N–H and O–H groups in total. The second kappa shape index (κ2) is 10.2. The van der Waals surface area contributed by atoms with Gasteiger partial charge in [-0.1, -0.05) is 19.1 Å². The number of ether oxygens (including phenoxy) is 1. The van der Waals surface area contributed by atoms with Crippen molar-refractivity contribution in [3.63, 3.8) is 0 Å². The maximum atomic E-state index is 14.5. The molecule has 1 heterocycles. The number of aryl methyl sites for hydroxylation is 1. The van der Waals surface area contributed by atoms with Gasteiger partial charge in [-0.05, 0) is 62.1 Å². The van der Waals surface area contributed by atoms with Crippen molar-refractivity contribution in [1.82, 2.24) is 4.31 Å². The molecule has 172 valence electrons. The Kier molecular flexibility index (Phi) is 7.63. The number of halogens is 1. The van der Waals surface area contributed by atoms with E-state index in [1.807, 2.05) is 19.1 Å². The molecule has 1 unspecified atom stereocenters. The lowest BCUT2D eigenvalue weighted by Gasteiger charge is -2.30. The Morgan fingerprint density at radius 3 is 2.53 bits per heavy atom. The molecular formula is C23H27FN2O5S. The van der Waals surface area contributed by atoms with Crippen molar-refractivity contribution >= 4 is 27.6 Å². The van der Waals surface area contributed by atoms with Crippen molar-refractivity contribution in [2.45, 2.75) is 38.0 Å². The Bertz CT molecular complexity index is 1090. The van der Waals surface area contributed by atoms with Gasteiger partial charge in [0.2, 0.25) is 10.0 Å². The van der Waals surface area contributed by atoms with Crippen molar-refractivity contribution in [2.75, 3.05) is 25.0 Å². The number of rotatable bonds is 7. The van der Waals surface area contributed by atoms with Gasteiger partial charge in [0.25, 0.3) is 5.91 Å². The summed E-state index contributed by atoms with van der Waals surface area (Å²) in [6, 6.07) is 10.5. The molecule has 1 fully saturated rings. The molecule has 1 aliphatic rings. The van der Waals surface area contributed by atoms with Gasteiger partial charge in [0, 0.05) is 24.3 Å². The molecule has 7 nitrogen and oxygen atoms in total. The van der Waals surface area contributed by atoms with Crippen LogP contribution in [0.15, 0.2) is 47.4 Å². The van der Waals surface area contributed by atoms with Crippen LogP contribution in [0.1, 0.15) is 42.6 Å². The summed E-state index contributed by atoms with van der Waals surface area (Å²) in [5.74, 6) is -2.56. The number of piperidine rings is 1. The first-order chi connectivity index (χ1) is 15.3. The number of carbonyl (C=O) groups is 2. The number of sulfonamides is 1. The lowest BCUT2D eigenvalue weighted by molar-refractivity contribution is -0.149. The van der Waals surface area contributed by atoms with Gasteiger partial charge in [-0.3, -0.25) is 9.59 Å². The molecule has 0 radical (unpaired) electrons. The Hall–Kier alpha value is -2.78. The number of hydrogen-bond donors (Lipinski definition) is 1. The number of anilines is 1. The molecule has 0 aliphatic carbocycles. The average molecular weight is 463 g/mol. The quantitative estimate of drug-likeness (QED) is 0.635. The van der Waals surface area contributed by atoms with Crippen LogP contribution in [0.25, 0.3) is 0 Å². The van der Waals surface area contributed by atoms with Crippen molar-refractivity contribution in [3.05, 3.63) is 59.4 Å². The van der Waals surface area contributed by atoms with E-state index in [9.17, 15) is 22.4 Å². The van der Waals surface area contributed by atoms with Crippen LogP contribution in [-0.2, 0) is 26.0 Å². The zero-order valence-corrected chi connectivity index (χ0v) is 19.0. The van der Waals surface area contributed by atoms with Crippen LogP contribution in [0.4, 0.5) is 10.1 Å². The zero-order chi connectivity index (χ0) is 23.3. The molecule has 9 heteroatoms. The number of esters is 1. The number of nitrogens with one attached hydrogen (secondary N) is 1. The number of hydrogen-bond acceptors (Lipinski definition) is 5. The Labute approximate surface area is 187 Å². The summed E-state index contributed by atoms with van der Waals surface area (Å²) in [5.41, 5.74) is 1.68. The number of amides is 1. The first-order valence-corrected chi connectivity index (χ1v) is 12.1. The monoisotopic (exact) mass is 462 g/mol. The van der Waals surface area contributed by atoms with E-state index in [4.69, 9.17) is 4.74 Å². The molecule has 3 rings (SSSR count). The van der Waals surface area contributed by atoms with Gasteiger partial charge in [-0.15, -0.1) is 0 Å². The maximum Gasteiger partial charge on any atom is 0.310 e. The lowest BCUT2D eigenvalue weighted by atomic mass is 10.0. The molecule has 0 aromatic heterocycles. The van der Waals surface area contributed by atoms with E-state index in [-0.39, 0.29) is 25.3 Å². The van der Waals surface area contributed by atoms with Gasteiger partial charge in [0.05, 0.1) is 12.5 Å². The predicted octanol–water partition coefficient (Wildman–Crippen LogP) is 3.60. The van der Waals surface area contributed by atoms with E-state index in [1.54, 1.807) is 19.1 Å². The Morgan fingerprint density at radius 1 is 1.16 bits per heavy atom. The zero-order valence-electron chi connectivity index (χ0n) is 18.1. The molecule has 0 spiro atoms. The smallest absolute Gasteiger partial charge is 0.310 e. The van der Waals surface area contributed by atoms with Crippen molar-refractivity contribution < 1.29 is 27.1 Å². The van der Waals surface area contributed by atoms with E-state index in [2.05, 4.69) is 5.32 Å². The normalized spacial score (nSPS) is 17.0. The predicted molar refractivity (Wildman–Crippen MR) is 118 cm³/mol. The van der Waals surface area contributed by atoms with E-state index in [1.165, 1.54) is 6.07 Å². The van der Waals surface area contributed by atoms with Gasteiger partial charge in [-0.2, -0.15) is 4.31 Å². The summed E-state index contributed by atoms with van der Waals surface area (Å²) >= 11 is 0. The Balaban J connectivity index is 1.81. The topological polar surface area (TPSA) is 92.8 Å². The van der Waals surface area contributed by atoms with Crippen LogP contribution in [0, 0.1) is 11.7 Å². The highest BCUT2D eigenvalue weighted by atomic mass is 32.2. The molecular weight excluding hydrogens is 435 g/mol. The molecule has 0 bridgehead atoms. The number of carbonyl (C=O) groups excluding carboxylic acids is 2. The van der Waals surface area contributed by atoms with Crippen molar-refractivity contribution in [3.8, 4) is 0 Å². The molecule has 1 amide bonds. The highest BCUT2D eigenvalue weighted by molar-refractivity contribution is 7.89. The average Bonchev–Trinajstić information content (AvgIpc) is 2.80. The van der Waals surface area contributed by atoms with Gasteiger partial charge in [0.15, 0.2) is 0 Å². The minimum atomic E-state index is -4.24. The van der Waals surface area contributed by atoms with E-state index in [0.717, 1.165) is 28.4 Å². The van der Waals surface area contributed by atoms with Crippen molar-refractivity contribution in [2.24, 2.45) is 5.92 Å². The highest BCUT2D eigenvalue weighted by Gasteiger charge is 2.35. The van der Waals surface area contributed by atoms with E-state index >= 15 is 0 Å². The van der Waals surface area contributed by atoms with Crippen LogP contribution in [-0.4, -0.2) is 44.3 Å². The summed E-state index contributed by atoms with van der Waals surface area (Å²) in [5, 5.41) is 2.69. The summed E-state index contributed by atoms with van der Waals surface area (Å²) in [4.78, 5) is 24.1. The standard InChI is InChI=1S/C23H27FN2O5S/c1-3-16-7-10-19(11-8-16)25-22(27)17-9-12-20(24)21(14-17)32(29,30)26-13-5-6-18(15-26)23(28)31-4-2/h7-12,14,18H,3-6,13,15H2,1-2H3,(H,25,27). The minimum absolute atomic E-state index is 0.0171. The van der Waals surface area contributed by atoms with E-state index in [0.29, 0.717) is 18.5 Å². The van der Waals surface area contributed by atoms with Crippen LogP contribution in [0.2, 0.25) is 0 Å². The third kappa shape index (κ3) is 5.34. The van der Waals surface area contributed by atoms with Crippen LogP contribution in [0.3, 0.4) is 0 Å². The second-order valence-electron chi connectivity index (χ2n) is 7.60. The summed E-state index contributed by atoms with van der Waals surface area (Å²) in [6.45, 7) is 3.98. The molecule has 1 saturated heterocycles. The molecule has 1 aliphatic heterocycles. The summed E-state index contributed by atoms with van der Waals surface area (Å²) in [6.07, 6.45) is 1.83. The third-order valence-electron chi connectivity index (χ3n) is 5.44. The second-order valence-corrected chi connectivity index (χ2v) is 9.51. The molecule has 32 heavy (non-hydrogen) atoms. The Morgan fingerprint density at radius 2 is 1.88 bits per heavy atom. The van der Waals surface area contributed by atoms with Crippen LogP contribution >= 0.6 is 0 Å². The fourth-order valence-electron chi connectivity index (χ4n) is 3.62. The first kappa shape index (κ1) is 23.9. The van der Waals surface area contributed by atoms with Gasteiger partial charge >= 0.3 is 5.97 Å². The summed E-state index contributed by atoms with van der Waals surface area (Å²) in [7, 11) is -4.24. The van der Waals surface area contributed by atoms with Crippen LogP contribution in [0.5, 0.6) is 0 Å². The maximum absolute atomic E-state index is 14.5.